The van der Waals surface area contributed by atoms with Crippen LogP contribution in [0.25, 0.3) is 10.9 Å². The van der Waals surface area contributed by atoms with Gasteiger partial charge in [0, 0.05) is 48.3 Å². The largest absolute Gasteiger partial charge is 0.387 e. The second-order valence-electron chi connectivity index (χ2n) is 11.4. The first-order valence-electron chi connectivity index (χ1n) is 13.4. The van der Waals surface area contributed by atoms with E-state index in [2.05, 4.69) is 76.7 Å². The van der Waals surface area contributed by atoms with Crippen molar-refractivity contribution in [1.29, 1.82) is 10.5 Å². The van der Waals surface area contributed by atoms with Gasteiger partial charge in [-0.15, -0.1) is 0 Å². The lowest BCUT2D eigenvalue weighted by atomic mass is 9.95. The molecule has 1 aliphatic carbocycles. The van der Waals surface area contributed by atoms with Crippen molar-refractivity contribution < 1.29 is 0 Å². The molecule has 1 saturated carbocycles. The molecule has 9 nitrogen and oxygen atoms in total. The summed E-state index contributed by atoms with van der Waals surface area (Å²) >= 11 is 0. The molecule has 7 N–H and O–H groups in total. The lowest BCUT2D eigenvalue weighted by Crippen LogP contribution is -2.31. The maximum atomic E-state index is 10.1. The predicted octanol–water partition coefficient (Wildman–Crippen LogP) is 4.61. The number of nitrogens with one attached hydrogen (secondary N) is 5. The molecule has 0 saturated heterocycles. The number of hydrogen-bond donors (Lipinski definition) is 6. The topological polar surface area (TPSA) is 147 Å². The third-order valence-corrected chi connectivity index (χ3v) is 7.06. The van der Waals surface area contributed by atoms with Crippen molar-refractivity contribution in [3.8, 4) is 12.1 Å². The van der Waals surface area contributed by atoms with E-state index in [1.54, 1.807) is 0 Å². The number of nitrogens with zero attached hydrogens (tertiary/aromatic N) is 3. The molecular weight excluding hydrogens is 486 g/mol. The van der Waals surface area contributed by atoms with Crippen LogP contribution in [0.3, 0.4) is 0 Å². The number of pyridine rings is 1. The van der Waals surface area contributed by atoms with Crippen molar-refractivity contribution in [3.05, 3.63) is 70.7 Å². The zero-order chi connectivity index (χ0) is 27.6. The Morgan fingerprint density at radius 3 is 2.69 bits per heavy atom. The lowest BCUT2D eigenvalue weighted by molar-refractivity contribution is 0.443. The molecule has 1 fully saturated rings. The Labute approximate surface area is 229 Å². The summed E-state index contributed by atoms with van der Waals surface area (Å²) in [5.74, 6) is 6.08. The van der Waals surface area contributed by atoms with Crippen molar-refractivity contribution in [2.45, 2.75) is 52.1 Å². The van der Waals surface area contributed by atoms with Gasteiger partial charge in [-0.3, -0.25) is 10.8 Å². The smallest absolute Gasteiger partial charge is 0.103 e. The van der Waals surface area contributed by atoms with Gasteiger partial charge in [-0.2, -0.15) is 10.5 Å². The number of nitriles is 2. The van der Waals surface area contributed by atoms with Gasteiger partial charge in [-0.05, 0) is 54.0 Å². The predicted molar refractivity (Wildman–Crippen MR) is 156 cm³/mol. The average molecular weight is 522 g/mol. The lowest BCUT2D eigenvalue weighted by Gasteiger charge is -2.26. The summed E-state index contributed by atoms with van der Waals surface area (Å²) in [4.78, 5) is 4.49. The average Bonchev–Trinajstić information content (AvgIpc) is 3.63. The molecule has 200 valence electrons. The number of anilines is 3. The van der Waals surface area contributed by atoms with E-state index in [1.807, 2.05) is 24.4 Å². The molecule has 0 amide bonds. The summed E-state index contributed by atoms with van der Waals surface area (Å²) in [6, 6.07) is 14.7. The minimum Gasteiger partial charge on any atom is -0.387 e. The third-order valence-electron chi connectivity index (χ3n) is 7.06. The van der Waals surface area contributed by atoms with Gasteiger partial charge in [0.15, 0.2) is 0 Å². The monoisotopic (exact) mass is 521 g/mol. The second kappa shape index (κ2) is 10.7. The fraction of sp³-hybridized carbons (Fsp3) is 0.367. The van der Waals surface area contributed by atoms with E-state index in [4.69, 9.17) is 5.84 Å². The molecule has 5 rings (SSSR count). The van der Waals surface area contributed by atoms with Crippen molar-refractivity contribution >= 4 is 28.0 Å². The molecule has 39 heavy (non-hydrogen) atoms. The van der Waals surface area contributed by atoms with Crippen molar-refractivity contribution in [1.82, 2.24) is 15.7 Å². The van der Waals surface area contributed by atoms with Crippen LogP contribution in [-0.4, -0.2) is 24.1 Å². The molecule has 1 atom stereocenters. The van der Waals surface area contributed by atoms with Gasteiger partial charge in [-0.1, -0.05) is 32.9 Å². The Morgan fingerprint density at radius 2 is 2.00 bits per heavy atom. The van der Waals surface area contributed by atoms with E-state index in [0.29, 0.717) is 34.9 Å². The van der Waals surface area contributed by atoms with Crippen LogP contribution in [0, 0.1) is 28.1 Å². The number of nitrogens with two attached hydrogens (primary N) is 1. The van der Waals surface area contributed by atoms with Crippen LogP contribution in [0.2, 0.25) is 0 Å². The molecular formula is C30H35N9. The van der Waals surface area contributed by atoms with E-state index in [1.165, 1.54) is 11.8 Å². The Kier molecular flexibility index (Phi) is 7.19. The highest BCUT2D eigenvalue weighted by Crippen LogP contribution is 2.37. The summed E-state index contributed by atoms with van der Waals surface area (Å²) < 4.78 is 0. The Bertz CT molecular complexity index is 1500. The number of hydrogen-bond acceptors (Lipinski definition) is 9. The molecule has 0 spiro atoms. The molecule has 0 unspecified atom stereocenters. The highest BCUT2D eigenvalue weighted by molar-refractivity contribution is 5.99. The zero-order valence-electron chi connectivity index (χ0n) is 22.7. The molecule has 2 heterocycles. The molecule has 2 aromatic carbocycles. The van der Waals surface area contributed by atoms with E-state index >= 15 is 0 Å². The highest BCUT2D eigenvalue weighted by atomic mass is 15.2. The third kappa shape index (κ3) is 5.69. The molecule has 0 bridgehead atoms. The minimum atomic E-state index is -0.307. The normalized spacial score (nSPS) is 15.5. The maximum Gasteiger partial charge on any atom is 0.103 e. The quantitative estimate of drug-likeness (QED) is 0.175. The van der Waals surface area contributed by atoms with Crippen LogP contribution in [0.5, 0.6) is 0 Å². The van der Waals surface area contributed by atoms with Crippen LogP contribution in [-0.2, 0) is 6.42 Å². The van der Waals surface area contributed by atoms with Crippen LogP contribution in [0.15, 0.2) is 48.4 Å². The summed E-state index contributed by atoms with van der Waals surface area (Å²) in [5, 5.41) is 34.7. The number of fused-ring (bicyclic) bond motifs is 2. The van der Waals surface area contributed by atoms with Crippen LogP contribution >= 0.6 is 0 Å². The summed E-state index contributed by atoms with van der Waals surface area (Å²) in [6.45, 7) is 7.93. The van der Waals surface area contributed by atoms with E-state index in [-0.39, 0.29) is 11.5 Å². The zero-order valence-corrected chi connectivity index (χ0v) is 22.7. The summed E-state index contributed by atoms with van der Waals surface area (Å²) in [6.07, 6.45) is 6.69. The fourth-order valence-electron chi connectivity index (χ4n) is 4.90. The van der Waals surface area contributed by atoms with Gasteiger partial charge in [0.05, 0.1) is 34.1 Å². The molecule has 9 heteroatoms. The van der Waals surface area contributed by atoms with Crippen molar-refractivity contribution in [2.75, 3.05) is 29.0 Å². The Balaban J connectivity index is 1.62. The Morgan fingerprint density at radius 1 is 1.21 bits per heavy atom. The van der Waals surface area contributed by atoms with Gasteiger partial charge < -0.3 is 26.7 Å². The van der Waals surface area contributed by atoms with E-state index in [9.17, 15) is 10.5 Å². The number of aromatic nitrogens is 1. The van der Waals surface area contributed by atoms with Crippen molar-refractivity contribution in [3.63, 3.8) is 0 Å². The highest BCUT2D eigenvalue weighted by Gasteiger charge is 2.26. The minimum absolute atomic E-state index is 0.00982. The van der Waals surface area contributed by atoms with E-state index < -0.39 is 0 Å². The van der Waals surface area contributed by atoms with Crippen LogP contribution in [0.4, 0.5) is 17.1 Å². The fourth-order valence-corrected chi connectivity index (χ4v) is 4.90. The summed E-state index contributed by atoms with van der Waals surface area (Å²) in [7, 11) is 0. The molecule has 0 radical (unpaired) electrons. The molecule has 1 aliphatic heterocycles. The van der Waals surface area contributed by atoms with Crippen LogP contribution < -0.4 is 32.5 Å². The first-order valence-corrected chi connectivity index (χ1v) is 13.4. The molecule has 1 aromatic heterocycles. The number of benzene rings is 2. The van der Waals surface area contributed by atoms with Gasteiger partial charge in [-0.25, -0.2) is 0 Å². The SMILES string of the molecule is CC(C)(C)CNc1c(C#N)cnc2c(C#N)cc(N[C@H](/C(=C/NC3CC3)NN)c3cccc4c3CCN4)cc12. The standard InChI is InChI=1S/C30H35N9/c1-30(2,3)17-37-28-19(14-32)15-36-27-18(13-31)11-21(12-24(27)28)38-29(26(39-33)16-35-20-7-8-20)23-5-4-6-25-22(23)9-10-34-25/h4-6,11-12,15-16,20,29,34-35,38-39H,7-10,17,33H2,1-3H3,(H,36,37)/b26-16-/t29-/m0/s1. The van der Waals surface area contributed by atoms with Gasteiger partial charge >= 0.3 is 0 Å². The first kappa shape index (κ1) is 26.1. The Hall–Kier alpha value is -4.47. The van der Waals surface area contributed by atoms with Gasteiger partial charge in [0.1, 0.15) is 12.1 Å². The maximum absolute atomic E-state index is 10.1. The van der Waals surface area contributed by atoms with Crippen molar-refractivity contribution in [2.24, 2.45) is 11.3 Å². The second-order valence-corrected chi connectivity index (χ2v) is 11.4. The van der Waals surface area contributed by atoms with Crippen LogP contribution in [0.1, 0.15) is 61.9 Å². The number of hydrazine groups is 1. The molecule has 3 aromatic rings. The van der Waals surface area contributed by atoms with Gasteiger partial charge in [0.25, 0.3) is 0 Å². The van der Waals surface area contributed by atoms with Gasteiger partial charge in [0.2, 0.25) is 0 Å². The number of rotatable bonds is 9. The van der Waals surface area contributed by atoms with E-state index in [0.717, 1.165) is 53.8 Å². The molecule has 2 aliphatic rings. The summed E-state index contributed by atoms with van der Waals surface area (Å²) in [5.41, 5.74) is 10.00. The first-order chi connectivity index (χ1) is 18.8.